The third-order valence-electron chi connectivity index (χ3n) is 4.90. The predicted molar refractivity (Wildman–Crippen MR) is 106 cm³/mol. The van der Waals surface area contributed by atoms with Gasteiger partial charge >= 0.3 is 0 Å². The molecule has 1 aromatic carbocycles. The van der Waals surface area contributed by atoms with Gasteiger partial charge in [-0.2, -0.15) is 9.40 Å². The van der Waals surface area contributed by atoms with E-state index in [9.17, 15) is 8.42 Å². The van der Waals surface area contributed by atoms with Crippen LogP contribution in [0.25, 0.3) is 10.9 Å². The van der Waals surface area contributed by atoms with E-state index >= 15 is 0 Å². The molecule has 8 heteroatoms. The van der Waals surface area contributed by atoms with E-state index in [1.165, 1.54) is 4.31 Å². The summed E-state index contributed by atoms with van der Waals surface area (Å²) in [6.45, 7) is 4.52. The van der Waals surface area contributed by atoms with E-state index in [-0.39, 0.29) is 11.0 Å². The zero-order chi connectivity index (χ0) is 19.7. The number of hydrogen-bond acceptors (Lipinski definition) is 6. The molecule has 1 aliphatic heterocycles. The summed E-state index contributed by atoms with van der Waals surface area (Å²) in [6.07, 6.45) is 1.13. The third kappa shape index (κ3) is 3.70. The lowest BCUT2D eigenvalue weighted by Crippen LogP contribution is -2.41. The summed E-state index contributed by atoms with van der Waals surface area (Å²) < 4.78 is 33.9. The minimum atomic E-state index is -3.62. The van der Waals surface area contributed by atoms with Crippen molar-refractivity contribution in [2.45, 2.75) is 37.7 Å². The monoisotopic (exact) mass is 398 g/mol. The van der Waals surface area contributed by atoms with Gasteiger partial charge in [0.05, 0.1) is 11.2 Å². The molecule has 0 radical (unpaired) electrons. The van der Waals surface area contributed by atoms with Gasteiger partial charge in [-0.3, -0.25) is 4.98 Å². The Labute approximate surface area is 164 Å². The Hall–Kier alpha value is -2.58. The van der Waals surface area contributed by atoms with Gasteiger partial charge in [-0.25, -0.2) is 8.42 Å². The van der Waals surface area contributed by atoms with Crippen LogP contribution in [0.15, 0.2) is 47.4 Å². The van der Waals surface area contributed by atoms with Crippen molar-refractivity contribution in [1.29, 1.82) is 0 Å². The second kappa shape index (κ2) is 7.44. The molecule has 0 spiro atoms. The number of fused-ring (bicyclic) bond motifs is 1. The predicted octanol–water partition coefficient (Wildman–Crippen LogP) is 2.87. The number of ether oxygens (including phenoxy) is 1. The van der Waals surface area contributed by atoms with Gasteiger partial charge in [0.1, 0.15) is 11.0 Å². The lowest BCUT2D eigenvalue weighted by atomic mass is 10.1. The van der Waals surface area contributed by atoms with Crippen molar-refractivity contribution in [3.05, 3.63) is 53.9 Å². The first kappa shape index (κ1) is 18.8. The average molecular weight is 398 g/mol. The Morgan fingerprint density at radius 1 is 0.964 bits per heavy atom. The Balaban J connectivity index is 1.51. The second-order valence-electron chi connectivity index (χ2n) is 7.01. The van der Waals surface area contributed by atoms with Crippen LogP contribution >= 0.6 is 0 Å². The van der Waals surface area contributed by atoms with E-state index in [4.69, 9.17) is 4.74 Å². The van der Waals surface area contributed by atoms with E-state index in [1.54, 1.807) is 18.2 Å². The van der Waals surface area contributed by atoms with Gasteiger partial charge in [-0.05, 0) is 44.9 Å². The first-order chi connectivity index (χ1) is 13.4. The molecule has 0 aliphatic carbocycles. The highest BCUT2D eigenvalue weighted by molar-refractivity contribution is 7.89. The molecule has 7 nitrogen and oxygen atoms in total. The molecule has 0 unspecified atom stereocenters. The summed E-state index contributed by atoms with van der Waals surface area (Å²) >= 11 is 0. The van der Waals surface area contributed by atoms with Gasteiger partial charge < -0.3 is 4.74 Å². The van der Waals surface area contributed by atoms with E-state index in [2.05, 4.69) is 15.2 Å². The maximum absolute atomic E-state index is 13.2. The van der Waals surface area contributed by atoms with E-state index < -0.39 is 10.0 Å². The number of hydrogen-bond donors (Lipinski definition) is 0. The molecule has 4 rings (SSSR count). The summed E-state index contributed by atoms with van der Waals surface area (Å²) in [4.78, 5) is 4.73. The maximum Gasteiger partial charge on any atom is 0.245 e. The molecule has 0 N–H and O–H groups in total. The quantitative estimate of drug-likeness (QED) is 0.672. The van der Waals surface area contributed by atoms with Crippen LogP contribution in [0.5, 0.6) is 5.88 Å². The van der Waals surface area contributed by atoms with E-state index in [0.717, 1.165) is 16.8 Å². The molecule has 28 heavy (non-hydrogen) atoms. The van der Waals surface area contributed by atoms with Crippen molar-refractivity contribution >= 4 is 20.9 Å². The van der Waals surface area contributed by atoms with E-state index in [1.807, 2.05) is 38.1 Å². The third-order valence-corrected chi connectivity index (χ3v) is 6.83. The number of aromatic nitrogens is 3. The summed E-state index contributed by atoms with van der Waals surface area (Å²) in [5.74, 6) is 0.473. The van der Waals surface area contributed by atoms with Gasteiger partial charge in [0, 0.05) is 30.2 Å². The number of benzene rings is 1. The molecule has 0 atom stereocenters. The SMILES string of the molecule is Cc1ccc(OC2CCN(S(=O)(=O)c3cccc4ccc(C)nc34)CC2)nn1. The van der Waals surface area contributed by atoms with Gasteiger partial charge in [-0.1, -0.05) is 18.2 Å². The molecule has 2 aromatic heterocycles. The Kier molecular flexibility index (Phi) is 4.99. The van der Waals surface area contributed by atoms with Crippen LogP contribution < -0.4 is 4.74 Å². The largest absolute Gasteiger partial charge is 0.473 e. The fourth-order valence-electron chi connectivity index (χ4n) is 3.38. The highest BCUT2D eigenvalue weighted by Gasteiger charge is 2.31. The fraction of sp³-hybridized carbons (Fsp3) is 0.350. The van der Waals surface area contributed by atoms with Crippen LogP contribution in [0.1, 0.15) is 24.2 Å². The van der Waals surface area contributed by atoms with Crippen LogP contribution in [0.4, 0.5) is 0 Å². The number of rotatable bonds is 4. The molecule has 0 amide bonds. The fourth-order valence-corrected chi connectivity index (χ4v) is 5.00. The van der Waals surface area contributed by atoms with Crippen molar-refractivity contribution in [3.63, 3.8) is 0 Å². The summed E-state index contributed by atoms with van der Waals surface area (Å²) in [5.41, 5.74) is 2.14. The van der Waals surface area contributed by atoms with Gasteiger partial charge in [0.2, 0.25) is 15.9 Å². The standard InChI is InChI=1S/C20H22N4O3S/c1-14-6-8-16-4-3-5-18(20(16)21-14)28(25,26)24-12-10-17(11-13-24)27-19-9-7-15(2)22-23-19/h3-9,17H,10-13H2,1-2H3. The minimum absolute atomic E-state index is 0.0728. The normalized spacial score (nSPS) is 16.4. The first-order valence-electron chi connectivity index (χ1n) is 9.27. The van der Waals surface area contributed by atoms with Crippen LogP contribution in [-0.4, -0.2) is 47.1 Å². The lowest BCUT2D eigenvalue weighted by Gasteiger charge is -2.31. The molecule has 3 heterocycles. The first-order valence-corrected chi connectivity index (χ1v) is 10.7. The zero-order valence-electron chi connectivity index (χ0n) is 15.9. The number of sulfonamides is 1. The highest BCUT2D eigenvalue weighted by Crippen LogP contribution is 2.27. The Morgan fingerprint density at radius 2 is 1.71 bits per heavy atom. The molecule has 0 bridgehead atoms. The highest BCUT2D eigenvalue weighted by atomic mass is 32.2. The van der Waals surface area contributed by atoms with Crippen molar-refractivity contribution in [3.8, 4) is 5.88 Å². The van der Waals surface area contributed by atoms with Crippen LogP contribution in [-0.2, 0) is 10.0 Å². The molecule has 1 saturated heterocycles. The van der Waals surface area contributed by atoms with Gasteiger partial charge in [-0.15, -0.1) is 5.10 Å². The van der Waals surface area contributed by atoms with Crippen LogP contribution in [0.2, 0.25) is 0 Å². The Morgan fingerprint density at radius 3 is 2.43 bits per heavy atom. The molecule has 146 valence electrons. The molecular formula is C20H22N4O3S. The van der Waals surface area contributed by atoms with Crippen molar-refractivity contribution < 1.29 is 13.2 Å². The van der Waals surface area contributed by atoms with Gasteiger partial charge in [0.25, 0.3) is 0 Å². The number of aryl methyl sites for hydroxylation is 2. The van der Waals surface area contributed by atoms with E-state index in [0.29, 0.717) is 37.3 Å². The van der Waals surface area contributed by atoms with Crippen molar-refractivity contribution in [2.75, 3.05) is 13.1 Å². The smallest absolute Gasteiger partial charge is 0.245 e. The Bertz CT molecular complexity index is 1090. The molecule has 1 aliphatic rings. The summed E-state index contributed by atoms with van der Waals surface area (Å²) in [5, 5.41) is 8.83. The molecule has 1 fully saturated rings. The van der Waals surface area contributed by atoms with Crippen LogP contribution in [0.3, 0.4) is 0 Å². The van der Waals surface area contributed by atoms with Gasteiger partial charge in [0.15, 0.2) is 0 Å². The summed E-state index contributed by atoms with van der Waals surface area (Å²) in [7, 11) is -3.62. The molecular weight excluding hydrogens is 376 g/mol. The molecule has 3 aromatic rings. The minimum Gasteiger partial charge on any atom is -0.473 e. The number of pyridine rings is 1. The van der Waals surface area contributed by atoms with Crippen molar-refractivity contribution in [2.24, 2.45) is 0 Å². The second-order valence-corrected chi connectivity index (χ2v) is 8.92. The van der Waals surface area contributed by atoms with Crippen LogP contribution in [0, 0.1) is 13.8 Å². The average Bonchev–Trinajstić information content (AvgIpc) is 2.69. The summed E-state index contributed by atoms with van der Waals surface area (Å²) in [6, 6.07) is 12.7. The zero-order valence-corrected chi connectivity index (χ0v) is 16.7. The number of piperidine rings is 1. The lowest BCUT2D eigenvalue weighted by molar-refractivity contribution is 0.128. The number of para-hydroxylation sites is 1. The van der Waals surface area contributed by atoms with Crippen molar-refractivity contribution in [1.82, 2.24) is 19.5 Å². The maximum atomic E-state index is 13.2. The number of nitrogens with zero attached hydrogens (tertiary/aromatic N) is 4. The topological polar surface area (TPSA) is 85.3 Å². The molecule has 0 saturated carbocycles.